The molecule has 1 unspecified atom stereocenters. The second kappa shape index (κ2) is 6.84. The van der Waals surface area contributed by atoms with E-state index in [2.05, 4.69) is 34.7 Å². The Kier molecular flexibility index (Phi) is 4.59. The topological polar surface area (TPSA) is 66.5 Å². The number of benzene rings is 1. The van der Waals surface area contributed by atoms with E-state index in [1.165, 1.54) is 10.9 Å². The molecule has 1 atom stereocenters. The number of aromatic amines is 1. The fraction of sp³-hybridized carbons (Fsp3) is 0.579. The van der Waals surface area contributed by atoms with Gasteiger partial charge >= 0.3 is 0 Å². The molecule has 2 aromatic rings. The third-order valence-corrected chi connectivity index (χ3v) is 5.39. The minimum atomic E-state index is -0.316. The predicted molar refractivity (Wildman–Crippen MR) is 92.9 cm³/mol. The summed E-state index contributed by atoms with van der Waals surface area (Å²) in [6, 6.07) is 8.81. The number of H-pyrrole nitrogens is 1. The van der Waals surface area contributed by atoms with E-state index in [-0.39, 0.29) is 18.4 Å². The average molecular weight is 330 g/mol. The molecule has 2 heterocycles. The summed E-state index contributed by atoms with van der Waals surface area (Å²) >= 11 is 0. The molecule has 24 heavy (non-hydrogen) atoms. The largest absolute Gasteiger partial charge is 0.395 e. The Hall–Kier alpha value is -1.40. The van der Waals surface area contributed by atoms with Crippen molar-refractivity contribution in [1.82, 2.24) is 10.3 Å². The van der Waals surface area contributed by atoms with Crippen molar-refractivity contribution in [2.75, 3.05) is 19.8 Å². The average Bonchev–Trinajstić information content (AvgIpc) is 3.24. The zero-order chi connectivity index (χ0) is 16.4. The number of para-hydroxylation sites is 1. The van der Waals surface area contributed by atoms with E-state index in [1.54, 1.807) is 0 Å². The van der Waals surface area contributed by atoms with E-state index in [4.69, 9.17) is 9.47 Å². The van der Waals surface area contributed by atoms with Crippen LogP contribution in [0.25, 0.3) is 10.9 Å². The molecule has 0 amide bonds. The maximum atomic E-state index is 9.81. The molecule has 5 heteroatoms. The quantitative estimate of drug-likeness (QED) is 0.787. The van der Waals surface area contributed by atoms with Crippen LogP contribution < -0.4 is 5.32 Å². The van der Waals surface area contributed by atoms with Crippen molar-refractivity contribution >= 4 is 10.9 Å². The standard InChI is InChI=1S/C19H26N2O3/c22-13-16(11-14-12-20-18-4-2-1-3-17(14)18)21-15-5-7-19(8-6-15)23-9-10-24-19/h1-4,12,15-16,20-22H,5-11,13H2. The summed E-state index contributed by atoms with van der Waals surface area (Å²) in [6.45, 7) is 1.59. The van der Waals surface area contributed by atoms with Crippen LogP contribution in [0.5, 0.6) is 0 Å². The number of hydrogen-bond donors (Lipinski definition) is 3. The van der Waals surface area contributed by atoms with Gasteiger partial charge in [-0.25, -0.2) is 0 Å². The minimum Gasteiger partial charge on any atom is -0.395 e. The highest BCUT2D eigenvalue weighted by Crippen LogP contribution is 2.35. The molecule has 5 nitrogen and oxygen atoms in total. The van der Waals surface area contributed by atoms with E-state index >= 15 is 0 Å². The highest BCUT2D eigenvalue weighted by molar-refractivity contribution is 5.83. The van der Waals surface area contributed by atoms with Gasteiger partial charge < -0.3 is 24.9 Å². The summed E-state index contributed by atoms with van der Waals surface area (Å²) in [4.78, 5) is 3.31. The van der Waals surface area contributed by atoms with Gasteiger partial charge in [-0.2, -0.15) is 0 Å². The van der Waals surface area contributed by atoms with Crippen LogP contribution in [-0.4, -0.2) is 47.8 Å². The fourth-order valence-corrected chi connectivity index (χ4v) is 4.09. The molecule has 2 aliphatic rings. The molecule has 1 aliphatic heterocycles. The second-order valence-corrected chi connectivity index (χ2v) is 6.99. The van der Waals surface area contributed by atoms with Gasteiger partial charge in [-0.15, -0.1) is 0 Å². The number of hydrogen-bond acceptors (Lipinski definition) is 4. The molecule has 1 saturated carbocycles. The van der Waals surface area contributed by atoms with Crippen LogP contribution in [0.15, 0.2) is 30.5 Å². The molecule has 0 radical (unpaired) electrons. The molecule has 1 aliphatic carbocycles. The van der Waals surface area contributed by atoms with Crippen LogP contribution in [-0.2, 0) is 15.9 Å². The summed E-state index contributed by atoms with van der Waals surface area (Å²) in [6.07, 6.45) is 6.83. The molecule has 1 saturated heterocycles. The van der Waals surface area contributed by atoms with Gasteiger partial charge in [0.2, 0.25) is 0 Å². The summed E-state index contributed by atoms with van der Waals surface area (Å²) in [5.74, 6) is -0.316. The van der Waals surface area contributed by atoms with Crippen LogP contribution >= 0.6 is 0 Å². The first-order valence-corrected chi connectivity index (χ1v) is 8.98. The zero-order valence-corrected chi connectivity index (χ0v) is 14.0. The lowest BCUT2D eigenvalue weighted by Gasteiger charge is -2.37. The molecule has 3 N–H and O–H groups in total. The van der Waals surface area contributed by atoms with Gasteiger partial charge in [-0.05, 0) is 30.9 Å². The smallest absolute Gasteiger partial charge is 0.168 e. The first-order valence-electron chi connectivity index (χ1n) is 8.98. The monoisotopic (exact) mass is 330 g/mol. The molecule has 130 valence electrons. The Labute approximate surface area is 142 Å². The Bertz CT molecular complexity index is 668. The van der Waals surface area contributed by atoms with Crippen molar-refractivity contribution in [2.45, 2.75) is 50.0 Å². The fourth-order valence-electron chi connectivity index (χ4n) is 4.09. The van der Waals surface area contributed by atoms with E-state index < -0.39 is 0 Å². The number of aliphatic hydroxyl groups is 1. The number of fused-ring (bicyclic) bond motifs is 1. The van der Waals surface area contributed by atoms with Crippen molar-refractivity contribution in [3.8, 4) is 0 Å². The Morgan fingerprint density at radius 3 is 2.71 bits per heavy atom. The minimum absolute atomic E-state index is 0.0775. The Morgan fingerprint density at radius 1 is 1.21 bits per heavy atom. The van der Waals surface area contributed by atoms with E-state index in [0.29, 0.717) is 6.04 Å². The predicted octanol–water partition coefficient (Wildman–Crippen LogP) is 2.35. The summed E-state index contributed by atoms with van der Waals surface area (Å²) in [5, 5.41) is 14.7. The van der Waals surface area contributed by atoms with Crippen molar-refractivity contribution in [3.63, 3.8) is 0 Å². The van der Waals surface area contributed by atoms with Crippen LogP contribution in [0.1, 0.15) is 31.2 Å². The van der Waals surface area contributed by atoms with E-state index in [9.17, 15) is 5.11 Å². The lowest BCUT2D eigenvalue weighted by Crippen LogP contribution is -2.47. The van der Waals surface area contributed by atoms with Crippen LogP contribution in [0.3, 0.4) is 0 Å². The highest BCUT2D eigenvalue weighted by atomic mass is 16.7. The van der Waals surface area contributed by atoms with E-state index in [1.807, 2.05) is 6.07 Å². The molecular formula is C19H26N2O3. The van der Waals surface area contributed by atoms with Crippen molar-refractivity contribution < 1.29 is 14.6 Å². The number of rotatable bonds is 5. The van der Waals surface area contributed by atoms with Gasteiger partial charge in [0.25, 0.3) is 0 Å². The lowest BCUT2D eigenvalue weighted by molar-refractivity contribution is -0.179. The number of aromatic nitrogens is 1. The number of nitrogens with one attached hydrogen (secondary N) is 2. The Balaban J connectivity index is 1.36. The van der Waals surface area contributed by atoms with Crippen molar-refractivity contribution in [1.29, 1.82) is 0 Å². The second-order valence-electron chi connectivity index (χ2n) is 6.99. The molecular weight excluding hydrogens is 304 g/mol. The highest BCUT2D eigenvalue weighted by Gasteiger charge is 2.40. The van der Waals surface area contributed by atoms with Gasteiger partial charge in [0.05, 0.1) is 19.8 Å². The van der Waals surface area contributed by atoms with Crippen LogP contribution in [0.4, 0.5) is 0 Å². The van der Waals surface area contributed by atoms with Gasteiger partial charge in [0.15, 0.2) is 5.79 Å². The van der Waals surface area contributed by atoms with Crippen molar-refractivity contribution in [2.24, 2.45) is 0 Å². The molecule has 1 spiro atoms. The van der Waals surface area contributed by atoms with Gasteiger partial charge in [-0.3, -0.25) is 0 Å². The maximum absolute atomic E-state index is 9.81. The van der Waals surface area contributed by atoms with Crippen LogP contribution in [0, 0.1) is 0 Å². The third-order valence-electron chi connectivity index (χ3n) is 5.39. The normalized spacial score (nSPS) is 22.4. The molecule has 1 aromatic heterocycles. The van der Waals surface area contributed by atoms with E-state index in [0.717, 1.165) is 50.8 Å². The summed E-state index contributed by atoms with van der Waals surface area (Å²) in [7, 11) is 0. The Morgan fingerprint density at radius 2 is 1.96 bits per heavy atom. The SMILES string of the molecule is OCC(Cc1c[nH]c2ccccc12)NC1CCC2(CC1)OCCO2. The molecule has 1 aromatic carbocycles. The molecule has 2 fully saturated rings. The maximum Gasteiger partial charge on any atom is 0.168 e. The van der Waals surface area contributed by atoms with Crippen LogP contribution in [0.2, 0.25) is 0 Å². The summed E-state index contributed by atoms with van der Waals surface area (Å²) < 4.78 is 11.6. The van der Waals surface area contributed by atoms with Gasteiger partial charge in [0.1, 0.15) is 0 Å². The van der Waals surface area contributed by atoms with Gasteiger partial charge in [0, 0.05) is 42.0 Å². The first kappa shape index (κ1) is 16.1. The van der Waals surface area contributed by atoms with Gasteiger partial charge in [-0.1, -0.05) is 18.2 Å². The number of ether oxygens (including phenoxy) is 2. The zero-order valence-electron chi connectivity index (χ0n) is 14.0. The molecule has 0 bridgehead atoms. The summed E-state index contributed by atoms with van der Waals surface area (Å²) in [5.41, 5.74) is 2.41. The third kappa shape index (κ3) is 3.22. The molecule has 4 rings (SSSR count). The first-order chi connectivity index (χ1) is 11.8. The number of aliphatic hydroxyl groups excluding tert-OH is 1. The lowest BCUT2D eigenvalue weighted by atomic mass is 9.89. The van der Waals surface area contributed by atoms with Crippen molar-refractivity contribution in [3.05, 3.63) is 36.0 Å².